The third kappa shape index (κ3) is 3.36. The summed E-state index contributed by atoms with van der Waals surface area (Å²) in [5.74, 6) is -0.640. The molecule has 0 spiro atoms. The third-order valence-electron chi connectivity index (χ3n) is 2.50. The molecule has 0 bridgehead atoms. The Kier molecular flexibility index (Phi) is 5.02. The maximum Gasteiger partial charge on any atom is 0.291 e. The topological polar surface area (TPSA) is 58.9 Å². The molecule has 0 unspecified atom stereocenters. The van der Waals surface area contributed by atoms with Crippen LogP contribution in [0, 0.1) is 0 Å². The molecule has 88 valence electrons. The number of amides is 2. The smallest absolute Gasteiger partial charge is 0.265 e. The highest BCUT2D eigenvalue weighted by Gasteiger charge is 2.22. The van der Waals surface area contributed by atoms with E-state index in [2.05, 4.69) is 9.98 Å². The summed E-state index contributed by atoms with van der Waals surface area (Å²) in [6.07, 6.45) is 4.83. The van der Waals surface area contributed by atoms with E-state index in [0.717, 1.165) is 25.7 Å². The lowest BCUT2D eigenvalue weighted by atomic mass is 10.1. The van der Waals surface area contributed by atoms with E-state index in [1.54, 1.807) is 0 Å². The second kappa shape index (κ2) is 6.30. The van der Waals surface area contributed by atoms with E-state index in [1.807, 2.05) is 13.8 Å². The zero-order chi connectivity index (χ0) is 12.0. The van der Waals surface area contributed by atoms with Gasteiger partial charge in [-0.1, -0.05) is 26.7 Å². The summed E-state index contributed by atoms with van der Waals surface area (Å²) >= 11 is 0. The first-order valence-corrected chi connectivity index (χ1v) is 5.92. The molecule has 0 aromatic heterocycles. The molecular formula is C12H18N2O2. The van der Waals surface area contributed by atoms with Crippen LogP contribution in [0.3, 0.4) is 0 Å². The largest absolute Gasteiger partial charge is 0.291 e. The molecule has 0 fully saturated rings. The van der Waals surface area contributed by atoms with Crippen molar-refractivity contribution in [2.45, 2.75) is 52.4 Å². The summed E-state index contributed by atoms with van der Waals surface area (Å²) in [7, 11) is 0. The maximum atomic E-state index is 11.5. The molecule has 0 N–H and O–H groups in total. The van der Waals surface area contributed by atoms with E-state index in [-0.39, 0.29) is 11.8 Å². The van der Waals surface area contributed by atoms with Gasteiger partial charge in [0.1, 0.15) is 11.4 Å². The second-order valence-electron chi connectivity index (χ2n) is 3.93. The molecule has 1 aliphatic rings. The molecule has 16 heavy (non-hydrogen) atoms. The van der Waals surface area contributed by atoms with Crippen molar-refractivity contribution in [3.63, 3.8) is 0 Å². The van der Waals surface area contributed by atoms with E-state index in [4.69, 9.17) is 0 Å². The molecule has 0 saturated heterocycles. The molecule has 1 aliphatic heterocycles. The van der Waals surface area contributed by atoms with Crippen molar-refractivity contribution in [1.82, 2.24) is 0 Å². The number of hydrogen-bond donors (Lipinski definition) is 0. The van der Waals surface area contributed by atoms with Crippen LogP contribution in [-0.2, 0) is 9.59 Å². The minimum absolute atomic E-state index is 0.320. The highest BCUT2D eigenvalue weighted by Crippen LogP contribution is 2.08. The Bertz CT molecular complexity index is 309. The zero-order valence-electron chi connectivity index (χ0n) is 9.95. The Morgan fingerprint density at radius 1 is 0.812 bits per heavy atom. The van der Waals surface area contributed by atoms with Gasteiger partial charge in [0.2, 0.25) is 0 Å². The number of carbonyl (C=O) groups is 2. The summed E-state index contributed by atoms with van der Waals surface area (Å²) in [5, 5.41) is 0. The van der Waals surface area contributed by atoms with Crippen molar-refractivity contribution >= 4 is 23.2 Å². The number of carbonyl (C=O) groups excluding carboxylic acids is 2. The molecule has 1 heterocycles. The Balaban J connectivity index is 2.64. The number of aliphatic imine (C=N–C) groups is 2. The zero-order valence-corrected chi connectivity index (χ0v) is 9.95. The van der Waals surface area contributed by atoms with E-state index in [9.17, 15) is 9.59 Å². The van der Waals surface area contributed by atoms with Gasteiger partial charge in [-0.05, 0) is 25.7 Å². The molecule has 4 nitrogen and oxygen atoms in total. The van der Waals surface area contributed by atoms with Crippen LogP contribution in [0.5, 0.6) is 0 Å². The van der Waals surface area contributed by atoms with Crippen molar-refractivity contribution in [3.05, 3.63) is 0 Å². The first kappa shape index (κ1) is 12.7. The van der Waals surface area contributed by atoms with E-state index in [0.29, 0.717) is 24.3 Å². The summed E-state index contributed by atoms with van der Waals surface area (Å²) in [5.41, 5.74) is 0.652. The summed E-state index contributed by atoms with van der Waals surface area (Å²) < 4.78 is 0. The maximum absolute atomic E-state index is 11.5. The van der Waals surface area contributed by atoms with Crippen molar-refractivity contribution < 1.29 is 9.59 Å². The molecular weight excluding hydrogens is 204 g/mol. The molecule has 0 aromatic rings. The highest BCUT2D eigenvalue weighted by atomic mass is 16.2. The predicted molar refractivity (Wildman–Crippen MR) is 63.9 cm³/mol. The lowest BCUT2D eigenvalue weighted by Crippen LogP contribution is -2.26. The van der Waals surface area contributed by atoms with Crippen LogP contribution in [-0.4, -0.2) is 23.2 Å². The lowest BCUT2D eigenvalue weighted by molar-refractivity contribution is -0.115. The standard InChI is InChI=1S/C12H18N2O2/c1-3-5-7-9-11(15)14-10(8-6-4-2)12(16)13-9/h3-8H2,1-2H3. The van der Waals surface area contributed by atoms with Crippen LogP contribution >= 0.6 is 0 Å². The van der Waals surface area contributed by atoms with Gasteiger partial charge in [0, 0.05) is 0 Å². The normalized spacial score (nSPS) is 16.1. The third-order valence-corrected chi connectivity index (χ3v) is 2.50. The van der Waals surface area contributed by atoms with Crippen LogP contribution in [0.4, 0.5) is 0 Å². The molecule has 1 rings (SSSR count). The average Bonchev–Trinajstić information content (AvgIpc) is 2.28. The molecule has 4 heteroatoms. The Morgan fingerprint density at radius 3 is 1.50 bits per heavy atom. The summed E-state index contributed by atoms with van der Waals surface area (Å²) in [6, 6.07) is 0. The first-order valence-electron chi connectivity index (χ1n) is 5.92. The average molecular weight is 222 g/mol. The van der Waals surface area contributed by atoms with Gasteiger partial charge >= 0.3 is 0 Å². The van der Waals surface area contributed by atoms with Gasteiger partial charge in [-0.25, -0.2) is 9.98 Å². The van der Waals surface area contributed by atoms with Crippen LogP contribution in [0.2, 0.25) is 0 Å². The minimum atomic E-state index is -0.320. The van der Waals surface area contributed by atoms with E-state index in [1.165, 1.54) is 0 Å². The van der Waals surface area contributed by atoms with Crippen LogP contribution in [0.15, 0.2) is 9.98 Å². The fourth-order valence-electron chi connectivity index (χ4n) is 1.48. The highest BCUT2D eigenvalue weighted by molar-refractivity contribution is 6.54. The Labute approximate surface area is 95.9 Å². The predicted octanol–water partition coefficient (Wildman–Crippen LogP) is 2.32. The molecule has 0 aromatic carbocycles. The van der Waals surface area contributed by atoms with Crippen molar-refractivity contribution in [1.29, 1.82) is 0 Å². The van der Waals surface area contributed by atoms with Gasteiger partial charge in [0.15, 0.2) is 0 Å². The molecule has 0 atom stereocenters. The number of nitrogens with zero attached hydrogens (tertiary/aromatic N) is 2. The first-order chi connectivity index (χ1) is 7.69. The van der Waals surface area contributed by atoms with Gasteiger partial charge in [0.05, 0.1) is 0 Å². The van der Waals surface area contributed by atoms with Crippen molar-refractivity contribution in [2.75, 3.05) is 0 Å². The van der Waals surface area contributed by atoms with Crippen LogP contribution in [0.25, 0.3) is 0 Å². The van der Waals surface area contributed by atoms with Gasteiger partial charge in [-0.15, -0.1) is 0 Å². The monoisotopic (exact) mass is 222 g/mol. The van der Waals surface area contributed by atoms with Gasteiger partial charge in [-0.3, -0.25) is 9.59 Å². The molecule has 2 amide bonds. The summed E-state index contributed by atoms with van der Waals surface area (Å²) in [4.78, 5) is 30.8. The number of hydrogen-bond acceptors (Lipinski definition) is 2. The molecule has 0 saturated carbocycles. The molecule has 0 radical (unpaired) electrons. The minimum Gasteiger partial charge on any atom is -0.265 e. The van der Waals surface area contributed by atoms with Gasteiger partial charge < -0.3 is 0 Å². The number of rotatable bonds is 6. The Morgan fingerprint density at radius 2 is 1.19 bits per heavy atom. The SMILES string of the molecule is CCCCC1=NC(=O)C(CCCC)=NC1=O. The fourth-order valence-corrected chi connectivity index (χ4v) is 1.48. The second-order valence-corrected chi connectivity index (χ2v) is 3.93. The van der Waals surface area contributed by atoms with Crippen LogP contribution < -0.4 is 0 Å². The lowest BCUT2D eigenvalue weighted by Gasteiger charge is -2.09. The van der Waals surface area contributed by atoms with E-state index < -0.39 is 0 Å². The van der Waals surface area contributed by atoms with Gasteiger partial charge in [0.25, 0.3) is 11.8 Å². The van der Waals surface area contributed by atoms with Gasteiger partial charge in [-0.2, -0.15) is 0 Å². The quantitative estimate of drug-likeness (QED) is 0.692. The molecule has 0 aliphatic carbocycles. The number of unbranched alkanes of at least 4 members (excludes halogenated alkanes) is 2. The van der Waals surface area contributed by atoms with E-state index >= 15 is 0 Å². The fraction of sp³-hybridized carbons (Fsp3) is 0.667. The van der Waals surface area contributed by atoms with Crippen molar-refractivity contribution in [2.24, 2.45) is 9.98 Å². The van der Waals surface area contributed by atoms with Crippen molar-refractivity contribution in [3.8, 4) is 0 Å². The van der Waals surface area contributed by atoms with Crippen LogP contribution in [0.1, 0.15) is 52.4 Å². The summed E-state index contributed by atoms with van der Waals surface area (Å²) in [6.45, 7) is 4.07. The Hall–Kier alpha value is -1.32.